The number of esters is 5. The molecule has 47 heteroatoms. The van der Waals surface area contributed by atoms with Gasteiger partial charge in [-0.3, -0.25) is 0 Å². The van der Waals surface area contributed by atoms with Crippen LogP contribution in [0.25, 0.3) is 140 Å². The summed E-state index contributed by atoms with van der Waals surface area (Å²) in [5, 5.41) is 68.9. The lowest BCUT2D eigenvalue weighted by atomic mass is 10.1. The van der Waals surface area contributed by atoms with Gasteiger partial charge in [-0.15, -0.1) is 74.5 Å². The summed E-state index contributed by atoms with van der Waals surface area (Å²) < 4.78 is 50.5. The molecule has 0 spiro atoms. The second-order valence-corrected chi connectivity index (χ2v) is 39.6. The Hall–Kier alpha value is -14.1. The van der Waals surface area contributed by atoms with Gasteiger partial charge < -0.3 is 36.9 Å². The summed E-state index contributed by atoms with van der Waals surface area (Å²) in [6.07, 6.45) is 3.64. The lowest BCUT2D eigenvalue weighted by Crippen LogP contribution is -2.07. The number of benzene rings is 10. The first-order chi connectivity index (χ1) is 72.5. The van der Waals surface area contributed by atoms with E-state index in [0.29, 0.717) is 97.1 Å². The fourth-order valence-electron chi connectivity index (χ4n) is 14.4. The van der Waals surface area contributed by atoms with Crippen molar-refractivity contribution < 1.29 is 60.9 Å². The average Bonchev–Trinajstić information content (AvgIpc) is 1.62. The molecule has 150 heavy (non-hydrogen) atoms. The molecule has 0 bridgehead atoms. The number of hydrogen-bond donors (Lipinski definition) is 0. The molecule has 0 aliphatic carbocycles. The normalized spacial score (nSPS) is 10.9. The highest BCUT2D eigenvalue weighted by molar-refractivity contribution is 9.10. The molecule has 0 N–H and O–H groups in total. The maximum Gasteiger partial charge on any atom is 0.361 e. The number of ether oxygens (including phenoxy) is 5. The van der Waals surface area contributed by atoms with Crippen LogP contribution in [-0.4, -0.2) is 175 Å². The van der Waals surface area contributed by atoms with Crippen LogP contribution in [0.2, 0.25) is 45.2 Å². The van der Waals surface area contributed by atoms with E-state index in [1.807, 2.05) is 199 Å². The zero-order valence-corrected chi connectivity index (χ0v) is 91.5. The molecule has 0 radical (unpaired) electrons. The van der Waals surface area contributed by atoms with Crippen molar-refractivity contribution in [1.29, 1.82) is 0 Å². The molecular formula is C103H76BrCl9N20O13S4. The highest BCUT2D eigenvalue weighted by Crippen LogP contribution is 2.45. The summed E-state index contributed by atoms with van der Waals surface area (Å²) in [7, 11) is 2.55. The number of carbonyl (C=O) groups excluding carboxylic acids is 5. The molecule has 0 fully saturated rings. The summed E-state index contributed by atoms with van der Waals surface area (Å²) in [6.45, 7) is 11.8. The molecule has 760 valence electrons. The van der Waals surface area contributed by atoms with Gasteiger partial charge in [-0.1, -0.05) is 288 Å². The van der Waals surface area contributed by atoms with E-state index in [1.165, 1.54) is 79.1 Å². The lowest BCUT2D eigenvalue weighted by Gasteiger charge is -2.07. The van der Waals surface area contributed by atoms with E-state index in [2.05, 4.69) is 92.4 Å². The maximum absolute atomic E-state index is 12.5. The van der Waals surface area contributed by atoms with Crippen molar-refractivity contribution in [3.8, 4) is 140 Å². The summed E-state index contributed by atoms with van der Waals surface area (Å²) in [6, 6.07) is 74.4. The van der Waals surface area contributed by atoms with Crippen molar-refractivity contribution in [2.45, 2.75) is 41.5 Å². The predicted molar refractivity (Wildman–Crippen MR) is 585 cm³/mol. The monoisotopic (exact) mass is 2320 g/mol. The number of hydrogen-bond acceptors (Lipinski definition) is 32. The summed E-state index contributed by atoms with van der Waals surface area (Å²) in [4.78, 5) is 61.8. The molecule has 0 aliphatic heterocycles. The van der Waals surface area contributed by atoms with Crippen molar-refractivity contribution >= 4 is 196 Å². The van der Waals surface area contributed by atoms with Crippen LogP contribution in [0.1, 0.15) is 87.2 Å². The van der Waals surface area contributed by atoms with Crippen molar-refractivity contribution in [3.05, 3.63) is 349 Å². The van der Waals surface area contributed by atoms with Crippen molar-refractivity contribution in [2.24, 2.45) is 0 Å². The third kappa shape index (κ3) is 24.5. The molecule has 10 aromatic carbocycles. The number of rotatable bonds is 25. The molecule has 33 nitrogen and oxygen atoms in total. The van der Waals surface area contributed by atoms with E-state index < -0.39 is 29.8 Å². The highest BCUT2D eigenvalue weighted by atomic mass is 79.9. The number of aryl methyl sites for hydroxylation is 5. The number of carbonyl (C=O) groups is 5. The van der Waals surface area contributed by atoms with E-state index in [-0.39, 0.29) is 102 Å². The van der Waals surface area contributed by atoms with Gasteiger partial charge in [0.2, 0.25) is 17.7 Å². The Morgan fingerprint density at radius 2 is 0.547 bits per heavy atom. The fraction of sp³-hybridized carbons (Fsp3) is 0.126. The predicted octanol–water partition coefficient (Wildman–Crippen LogP) is 27.8. The van der Waals surface area contributed by atoms with Crippen LogP contribution in [0.15, 0.2) is 260 Å². The van der Waals surface area contributed by atoms with Crippen LogP contribution in [-0.2, 0) is 23.7 Å². The second kappa shape index (κ2) is 49.6. The Kier molecular flexibility index (Phi) is 35.9. The maximum atomic E-state index is 12.5. The molecule has 0 unspecified atom stereocenters. The summed E-state index contributed by atoms with van der Waals surface area (Å²) >= 11 is 67.0. The van der Waals surface area contributed by atoms with Gasteiger partial charge in [-0.25, -0.2) is 47.4 Å². The van der Waals surface area contributed by atoms with Gasteiger partial charge >= 0.3 is 29.8 Å². The fourth-order valence-corrected chi connectivity index (χ4v) is 19.6. The molecule has 20 rings (SSSR count). The molecule has 20 aromatic rings. The zero-order valence-electron chi connectivity index (χ0n) is 79.9. The van der Waals surface area contributed by atoms with Gasteiger partial charge in [0.1, 0.15) is 53.4 Å². The Morgan fingerprint density at radius 3 is 0.847 bits per heavy atom. The molecule has 0 saturated heterocycles. The van der Waals surface area contributed by atoms with E-state index in [1.54, 1.807) is 103 Å². The van der Waals surface area contributed by atoms with E-state index in [9.17, 15) is 24.0 Å². The van der Waals surface area contributed by atoms with E-state index >= 15 is 0 Å². The number of aromatic nitrogens is 20. The van der Waals surface area contributed by atoms with Crippen LogP contribution in [0.4, 0.5) is 0 Å². The largest absolute Gasteiger partial charge is 0.464 e. The SMILES string of the molecule is CCOC(=O)c1nn(-c2ccccc2Cl)c(-c2nnc(-c3cccc(C)c3)o2)c1Cl.COC(=O)c1nn(-c2ccccc2Cl)c(-c2nnc(-c3cccc(C)c3)o2)c1Cl.COC(=O)c1nn(-c2ccccc2Cl)c(-c2nnc(-c3cccc(C)c3)s2)c1Br.CSCOC(=O)c1nn(-c2ccccc2Cl)c(-c2nnc(-c3cccc(C)c3)o2)c1Cl.CSCOC(=O)c1nn(-c2ccccc2Cl)c(-c2nnc(-c3cccc(C)c3)s2)c1Cl. The van der Waals surface area contributed by atoms with Gasteiger partial charge in [-0.2, -0.15) is 25.5 Å². The van der Waals surface area contributed by atoms with Crippen molar-refractivity contribution in [1.82, 2.24) is 99.9 Å². The van der Waals surface area contributed by atoms with Gasteiger partial charge in [0, 0.05) is 27.8 Å². The quantitative estimate of drug-likeness (QED) is 0.0291. The highest BCUT2D eigenvalue weighted by Gasteiger charge is 2.36. The zero-order chi connectivity index (χ0) is 106. The first-order valence-corrected chi connectivity index (χ1v) is 53.0. The van der Waals surface area contributed by atoms with Crippen LogP contribution in [0.3, 0.4) is 0 Å². The second-order valence-electron chi connectivity index (χ2n) is 31.7. The van der Waals surface area contributed by atoms with Gasteiger partial charge in [-0.05, 0) is 179 Å². The van der Waals surface area contributed by atoms with Crippen molar-refractivity contribution in [3.63, 3.8) is 0 Å². The molecule has 10 heterocycles. The number of para-hydroxylation sites is 5. The summed E-state index contributed by atoms with van der Waals surface area (Å²) in [5.74, 6) is -1.61. The first kappa shape index (κ1) is 109. The van der Waals surface area contributed by atoms with Crippen LogP contribution >= 0.6 is 167 Å². The standard InChI is InChI=1S/C21H16Cl2N4O3S.C21H16Cl2N4O3.C21H16Cl2N4O2S2.C20H14BrClN4O2S.C20H14Cl2N4O3/c1-12-6-5-7-13(10-12)19-24-25-20(30-19)18-16(23)17(21(28)29-11-31-2)26-27(18)15-9-4-3-8-14(15)22;1-3-29-21(28)17-16(23)18(27(26-17)15-10-5-4-9-14(15)22)20-25-24-19(30-20)13-8-6-7-12(2)11-13;1-12-6-5-7-13(10-12)19-24-25-20(31-19)18-16(23)17(21(28)29-11-30-2)26-27(18)15-9-4-3-8-14(15)22;1-11-6-5-7-12(10-11)18-23-24-19(29-18)17-15(21)16(20(27)28-2)25-26(17)14-9-4-3-8-13(14)22;1-11-6-5-7-12(10-11)18-23-24-19(29-18)17-15(22)16(20(27)28-2)25-26(17)14-9-4-3-8-13(14)21/h3-10H,11H2,1-2H3;4-11H,3H2,1-2H3;3-10H,11H2,1-2H3;2*3-10H,1-2H3. The molecule has 0 atom stereocenters. The van der Waals surface area contributed by atoms with Gasteiger partial charge in [0.15, 0.2) is 55.6 Å². The molecular weight excluding hydrogens is 2250 g/mol. The van der Waals surface area contributed by atoms with Crippen molar-refractivity contribution in [2.75, 3.05) is 45.2 Å². The van der Waals surface area contributed by atoms with Gasteiger partial charge in [0.05, 0.1) is 78.8 Å². The third-order valence-electron chi connectivity index (χ3n) is 21.2. The Morgan fingerprint density at radius 1 is 0.300 bits per heavy atom. The lowest BCUT2D eigenvalue weighted by molar-refractivity contribution is 0.0515. The Balaban J connectivity index is 0.000000133. The minimum Gasteiger partial charge on any atom is -0.464 e. The minimum absolute atomic E-state index is 0.00191. The molecule has 10 aromatic heterocycles. The topological polar surface area (TPSA) is 389 Å². The van der Waals surface area contributed by atoms with Gasteiger partial charge in [0.25, 0.3) is 17.7 Å². The van der Waals surface area contributed by atoms with E-state index in [0.717, 1.165) is 65.6 Å². The van der Waals surface area contributed by atoms with Crippen LogP contribution in [0.5, 0.6) is 0 Å². The average molecular weight is 2330 g/mol. The Labute approximate surface area is 924 Å². The number of nitrogens with zero attached hydrogens (tertiary/aromatic N) is 20. The molecule has 0 aliphatic rings. The number of thioether (sulfide) groups is 2. The Bertz CT molecular complexity index is 8030. The summed E-state index contributed by atoms with van der Waals surface area (Å²) in [5.41, 5.74) is 14.0. The van der Waals surface area contributed by atoms with E-state index in [4.69, 9.17) is 141 Å². The molecule has 0 saturated carbocycles. The number of halogens is 10. The smallest absolute Gasteiger partial charge is 0.361 e. The third-order valence-corrected chi connectivity index (χ3v) is 27.7. The van der Waals surface area contributed by atoms with Crippen LogP contribution in [0, 0.1) is 34.6 Å². The first-order valence-electron chi connectivity index (χ1n) is 44.3. The van der Waals surface area contributed by atoms with Crippen LogP contribution < -0.4 is 0 Å². The number of methoxy groups -OCH3 is 2. The minimum atomic E-state index is -0.694. The molecule has 0 amide bonds.